The smallest absolute Gasteiger partial charge is 0.272 e. The van der Waals surface area contributed by atoms with E-state index in [4.69, 9.17) is 9.73 Å². The van der Waals surface area contributed by atoms with E-state index in [9.17, 15) is 9.90 Å². The van der Waals surface area contributed by atoms with E-state index in [2.05, 4.69) is 25.3 Å². The number of aliphatic hydroxyl groups excluding tert-OH is 1. The number of aliphatic imine (C=N–C) groups is 1. The standard InChI is InChI=1S/C28H35N7O3/c1-28(2,3)25-23-24(35(33-25)12-13-36)26(37)29-17-21(32-23)18-8-9-22(38-4)20(14-18)19-15-30-27(31-16-19)34-10-6-5-7-11-34/h8-9,14-16,36H,5-7,10-13,17H2,1-4H3,(H,29,37). The van der Waals surface area contributed by atoms with Crippen LogP contribution in [0.1, 0.15) is 61.8 Å². The molecule has 0 atom stereocenters. The van der Waals surface area contributed by atoms with Crippen LogP contribution in [0.5, 0.6) is 5.75 Å². The number of methoxy groups -OCH3 is 1. The van der Waals surface area contributed by atoms with E-state index in [0.717, 1.165) is 48.6 Å². The number of fused-ring (bicyclic) bond motifs is 1. The molecule has 3 aromatic rings. The van der Waals surface area contributed by atoms with Crippen molar-refractivity contribution >= 4 is 23.3 Å². The van der Waals surface area contributed by atoms with Crippen LogP contribution in [0.25, 0.3) is 11.1 Å². The van der Waals surface area contributed by atoms with Gasteiger partial charge in [-0.25, -0.2) is 15.0 Å². The molecular weight excluding hydrogens is 482 g/mol. The van der Waals surface area contributed by atoms with Gasteiger partial charge < -0.3 is 20.1 Å². The summed E-state index contributed by atoms with van der Waals surface area (Å²) in [5.41, 5.74) is 4.53. The second-order valence-corrected chi connectivity index (χ2v) is 10.7. The van der Waals surface area contributed by atoms with Crippen LogP contribution in [0.4, 0.5) is 11.6 Å². The maximum Gasteiger partial charge on any atom is 0.272 e. The van der Waals surface area contributed by atoms with Gasteiger partial charge in [-0.2, -0.15) is 5.10 Å². The molecule has 2 aromatic heterocycles. The first-order chi connectivity index (χ1) is 18.3. The molecule has 1 saturated heterocycles. The number of benzene rings is 1. The van der Waals surface area contributed by atoms with Gasteiger partial charge in [0.1, 0.15) is 11.4 Å². The second kappa shape index (κ2) is 10.5. The van der Waals surface area contributed by atoms with Crippen molar-refractivity contribution in [2.45, 2.75) is 52.0 Å². The highest BCUT2D eigenvalue weighted by molar-refractivity contribution is 6.11. The zero-order chi connectivity index (χ0) is 26.9. The van der Waals surface area contributed by atoms with Gasteiger partial charge in [0.15, 0.2) is 5.69 Å². The fourth-order valence-electron chi connectivity index (χ4n) is 4.96. The summed E-state index contributed by atoms with van der Waals surface area (Å²) in [7, 11) is 1.64. The predicted octanol–water partition coefficient (Wildman–Crippen LogP) is 3.49. The number of aromatic nitrogens is 4. The van der Waals surface area contributed by atoms with Crippen LogP contribution in [-0.4, -0.2) is 69.8 Å². The molecule has 2 aliphatic rings. The maximum absolute atomic E-state index is 13.1. The van der Waals surface area contributed by atoms with Gasteiger partial charge in [0.2, 0.25) is 5.95 Å². The van der Waals surface area contributed by atoms with Crippen LogP contribution in [0, 0.1) is 0 Å². The Morgan fingerprint density at radius 2 is 1.82 bits per heavy atom. The summed E-state index contributed by atoms with van der Waals surface area (Å²) in [5.74, 6) is 1.19. The Morgan fingerprint density at radius 1 is 1.08 bits per heavy atom. The monoisotopic (exact) mass is 517 g/mol. The second-order valence-electron chi connectivity index (χ2n) is 10.7. The van der Waals surface area contributed by atoms with Crippen LogP contribution >= 0.6 is 0 Å². The predicted molar refractivity (Wildman–Crippen MR) is 147 cm³/mol. The first-order valence-electron chi connectivity index (χ1n) is 13.1. The van der Waals surface area contributed by atoms with Crippen molar-refractivity contribution in [2.24, 2.45) is 4.99 Å². The van der Waals surface area contributed by atoms with Crippen molar-refractivity contribution in [1.82, 2.24) is 25.1 Å². The first-order valence-corrected chi connectivity index (χ1v) is 13.1. The Balaban J connectivity index is 1.55. The van der Waals surface area contributed by atoms with Crippen molar-refractivity contribution in [2.75, 3.05) is 38.3 Å². The molecule has 0 saturated carbocycles. The number of hydrogen-bond donors (Lipinski definition) is 2. The van der Waals surface area contributed by atoms with Gasteiger partial charge in [-0.1, -0.05) is 20.8 Å². The molecule has 10 heteroatoms. The van der Waals surface area contributed by atoms with Crippen molar-refractivity contribution in [1.29, 1.82) is 0 Å². The summed E-state index contributed by atoms with van der Waals surface area (Å²) in [6.45, 7) is 8.43. The van der Waals surface area contributed by atoms with E-state index in [1.165, 1.54) is 6.42 Å². The molecule has 0 bridgehead atoms. The minimum absolute atomic E-state index is 0.123. The Hall–Kier alpha value is -3.79. The average molecular weight is 518 g/mol. The summed E-state index contributed by atoms with van der Waals surface area (Å²) in [6.07, 6.45) is 7.26. The largest absolute Gasteiger partial charge is 0.496 e. The number of nitrogens with zero attached hydrogens (tertiary/aromatic N) is 6. The number of aliphatic hydroxyl groups is 1. The Labute approximate surface area is 222 Å². The fraction of sp³-hybridized carbons (Fsp3) is 0.464. The summed E-state index contributed by atoms with van der Waals surface area (Å²) < 4.78 is 7.22. The molecule has 5 rings (SSSR count). The van der Waals surface area contributed by atoms with Gasteiger partial charge in [0.05, 0.1) is 38.2 Å². The lowest BCUT2D eigenvalue weighted by molar-refractivity contribution is 0.0948. The van der Waals surface area contributed by atoms with Crippen LogP contribution in [0.2, 0.25) is 0 Å². The maximum atomic E-state index is 13.1. The molecule has 0 aliphatic carbocycles. The Kier molecular flexibility index (Phi) is 7.16. The molecule has 0 radical (unpaired) electrons. The van der Waals surface area contributed by atoms with Crippen molar-refractivity contribution in [3.63, 3.8) is 0 Å². The summed E-state index contributed by atoms with van der Waals surface area (Å²) in [4.78, 5) is 29.6. The van der Waals surface area contributed by atoms with Gasteiger partial charge in [0.25, 0.3) is 5.91 Å². The van der Waals surface area contributed by atoms with Gasteiger partial charge >= 0.3 is 0 Å². The molecule has 1 amide bonds. The highest BCUT2D eigenvalue weighted by Gasteiger charge is 2.32. The molecular formula is C28H35N7O3. The highest BCUT2D eigenvalue weighted by Crippen LogP contribution is 2.36. The summed E-state index contributed by atoms with van der Waals surface area (Å²) in [5, 5.41) is 17.2. The third kappa shape index (κ3) is 5.00. The minimum atomic E-state index is -0.345. The van der Waals surface area contributed by atoms with Crippen LogP contribution in [-0.2, 0) is 12.0 Å². The van der Waals surface area contributed by atoms with E-state index in [1.807, 2.05) is 51.4 Å². The Morgan fingerprint density at radius 3 is 2.47 bits per heavy atom. The van der Waals surface area contributed by atoms with Gasteiger partial charge in [-0.3, -0.25) is 9.48 Å². The number of piperidine rings is 1. The molecule has 38 heavy (non-hydrogen) atoms. The van der Waals surface area contributed by atoms with Gasteiger partial charge in [-0.15, -0.1) is 0 Å². The Bertz CT molecular complexity index is 1350. The van der Waals surface area contributed by atoms with Crippen LogP contribution < -0.4 is 15.0 Å². The first kappa shape index (κ1) is 25.8. The van der Waals surface area contributed by atoms with E-state index in [1.54, 1.807) is 11.8 Å². The number of amides is 1. The molecule has 200 valence electrons. The SMILES string of the molecule is COc1ccc(C2=Nc3c(C(C)(C)C)nn(CCO)c3C(=O)NC2)cc1-c1cnc(N2CCCCC2)nc1. The topological polar surface area (TPSA) is 118 Å². The van der Waals surface area contributed by atoms with Gasteiger partial charge in [-0.05, 0) is 43.0 Å². The lowest BCUT2D eigenvalue weighted by Gasteiger charge is -2.26. The van der Waals surface area contributed by atoms with Gasteiger partial charge in [0, 0.05) is 42.0 Å². The molecule has 10 nitrogen and oxygen atoms in total. The van der Waals surface area contributed by atoms with Crippen molar-refractivity contribution in [3.8, 4) is 16.9 Å². The molecule has 0 spiro atoms. The number of hydrogen-bond acceptors (Lipinski definition) is 8. The van der Waals surface area contributed by atoms with Crippen LogP contribution in [0.3, 0.4) is 0 Å². The molecule has 0 unspecified atom stereocenters. The number of anilines is 1. The van der Waals surface area contributed by atoms with E-state index in [0.29, 0.717) is 28.5 Å². The normalized spacial score (nSPS) is 16.0. The lowest BCUT2D eigenvalue weighted by Crippen LogP contribution is -2.30. The van der Waals surface area contributed by atoms with Crippen molar-refractivity contribution in [3.05, 3.63) is 47.5 Å². The molecule has 1 aromatic carbocycles. The van der Waals surface area contributed by atoms with Crippen LogP contribution in [0.15, 0.2) is 35.6 Å². The summed E-state index contributed by atoms with van der Waals surface area (Å²) in [6, 6.07) is 5.85. The summed E-state index contributed by atoms with van der Waals surface area (Å²) >= 11 is 0. The highest BCUT2D eigenvalue weighted by atomic mass is 16.5. The molecule has 2 N–H and O–H groups in total. The third-order valence-corrected chi connectivity index (χ3v) is 6.95. The van der Waals surface area contributed by atoms with E-state index in [-0.39, 0.29) is 31.0 Å². The number of rotatable bonds is 6. The number of nitrogens with one attached hydrogen (secondary N) is 1. The zero-order valence-electron chi connectivity index (χ0n) is 22.5. The average Bonchev–Trinajstić information content (AvgIpc) is 3.20. The number of carbonyl (C=O) groups excluding carboxylic acids is 1. The fourth-order valence-corrected chi connectivity index (χ4v) is 4.96. The lowest BCUT2D eigenvalue weighted by atomic mass is 9.91. The van der Waals surface area contributed by atoms with E-state index < -0.39 is 0 Å². The number of ether oxygens (including phenoxy) is 1. The van der Waals surface area contributed by atoms with Crippen molar-refractivity contribution < 1.29 is 14.6 Å². The quantitative estimate of drug-likeness (QED) is 0.514. The zero-order valence-corrected chi connectivity index (χ0v) is 22.5. The molecule has 4 heterocycles. The van der Waals surface area contributed by atoms with E-state index >= 15 is 0 Å². The molecule has 2 aliphatic heterocycles. The number of carbonyl (C=O) groups is 1. The molecule has 1 fully saturated rings. The third-order valence-electron chi connectivity index (χ3n) is 6.95. The minimum Gasteiger partial charge on any atom is -0.496 e.